The average molecular weight is 255 g/mol. The maximum atomic E-state index is 9.78. The first-order chi connectivity index (χ1) is 8.78. The smallest absolute Gasteiger partial charge is 0.0702 e. The molecule has 1 unspecified atom stereocenters. The molecule has 1 atom stereocenters. The topological polar surface area (TPSA) is 32.7 Å². The zero-order chi connectivity index (χ0) is 12.8. The van der Waals surface area contributed by atoms with E-state index in [1.165, 1.54) is 51.5 Å². The van der Waals surface area contributed by atoms with Gasteiger partial charge in [0.05, 0.1) is 6.10 Å². The quantitative estimate of drug-likeness (QED) is 0.819. The monoisotopic (exact) mass is 255 g/mol. The van der Waals surface area contributed by atoms with E-state index in [0.717, 1.165) is 19.7 Å². The van der Waals surface area contributed by atoms with Crippen molar-refractivity contribution in [1.29, 1.82) is 0 Å². The number of rotatable bonds is 5. The number of likely N-dealkylation sites (tertiary alicyclic amines) is 1. The normalized spacial score (nSPS) is 29.3. The van der Waals surface area contributed by atoms with Crippen LogP contribution < -0.4 is 0 Å². The number of hydrogen-bond donors (Lipinski definition) is 1. The molecule has 1 aliphatic carbocycles. The lowest BCUT2D eigenvalue weighted by molar-refractivity contribution is -0.0234. The Morgan fingerprint density at radius 3 is 2.67 bits per heavy atom. The molecule has 1 saturated carbocycles. The second-order valence-corrected chi connectivity index (χ2v) is 6.17. The predicted octanol–water partition coefficient (Wildman–Crippen LogP) is 2.43. The van der Waals surface area contributed by atoms with Gasteiger partial charge in [0.25, 0.3) is 0 Å². The summed E-state index contributed by atoms with van der Waals surface area (Å²) in [5, 5.41) is 9.78. The molecule has 2 aliphatic rings. The third kappa shape index (κ3) is 3.69. The number of nitrogens with zero attached hydrogens (tertiary/aromatic N) is 1. The van der Waals surface area contributed by atoms with Crippen molar-refractivity contribution in [3.8, 4) is 0 Å². The fourth-order valence-corrected chi connectivity index (χ4v) is 3.67. The maximum absolute atomic E-state index is 9.78. The van der Waals surface area contributed by atoms with Crippen LogP contribution >= 0.6 is 0 Å². The Hall–Kier alpha value is -0.120. The number of aliphatic hydroxyl groups excluding tert-OH is 1. The zero-order valence-corrected chi connectivity index (χ0v) is 11.9. The van der Waals surface area contributed by atoms with Crippen LogP contribution in [0.1, 0.15) is 51.9 Å². The largest absolute Gasteiger partial charge is 0.396 e. The van der Waals surface area contributed by atoms with Crippen molar-refractivity contribution in [2.75, 3.05) is 32.8 Å². The van der Waals surface area contributed by atoms with Crippen LogP contribution in [-0.2, 0) is 4.74 Å². The molecule has 0 bridgehead atoms. The molecule has 2 fully saturated rings. The van der Waals surface area contributed by atoms with E-state index in [1.807, 2.05) is 0 Å². The Labute approximate surface area is 112 Å². The van der Waals surface area contributed by atoms with Crippen LogP contribution in [0.15, 0.2) is 0 Å². The van der Waals surface area contributed by atoms with E-state index in [0.29, 0.717) is 12.7 Å². The van der Waals surface area contributed by atoms with E-state index in [9.17, 15) is 5.11 Å². The lowest BCUT2D eigenvalue weighted by Crippen LogP contribution is -2.47. The number of ether oxygens (including phenoxy) is 1. The molecule has 0 radical (unpaired) electrons. The van der Waals surface area contributed by atoms with Gasteiger partial charge in [-0.1, -0.05) is 19.3 Å². The van der Waals surface area contributed by atoms with Gasteiger partial charge in [0.1, 0.15) is 0 Å². The lowest BCUT2D eigenvalue weighted by atomic mass is 9.74. The summed E-state index contributed by atoms with van der Waals surface area (Å²) in [4.78, 5) is 2.53. The van der Waals surface area contributed by atoms with Crippen LogP contribution in [0.5, 0.6) is 0 Å². The molecule has 0 aromatic heterocycles. The highest BCUT2D eigenvalue weighted by molar-refractivity contribution is 4.87. The molecule has 1 N–H and O–H groups in total. The highest BCUT2D eigenvalue weighted by atomic mass is 16.5. The summed E-state index contributed by atoms with van der Waals surface area (Å²) in [7, 11) is 0. The second-order valence-electron chi connectivity index (χ2n) is 6.17. The Morgan fingerprint density at radius 1 is 1.22 bits per heavy atom. The van der Waals surface area contributed by atoms with Gasteiger partial charge in [-0.15, -0.1) is 0 Å². The molecule has 0 amide bonds. The average Bonchev–Trinajstić information content (AvgIpc) is 2.41. The van der Waals surface area contributed by atoms with Crippen molar-refractivity contribution >= 4 is 0 Å². The van der Waals surface area contributed by atoms with Gasteiger partial charge >= 0.3 is 0 Å². The molecule has 3 nitrogen and oxygen atoms in total. The number of aliphatic hydroxyl groups is 1. The molecule has 1 heterocycles. The number of piperidine rings is 1. The van der Waals surface area contributed by atoms with Crippen LogP contribution in [0.3, 0.4) is 0 Å². The summed E-state index contributed by atoms with van der Waals surface area (Å²) in [5.74, 6) is 0. The van der Waals surface area contributed by atoms with Gasteiger partial charge < -0.3 is 14.7 Å². The standard InChI is InChI=1S/C15H29NO2/c1-2-18-14-7-6-10-16(11-14)12-15(13-17)8-4-3-5-9-15/h14,17H,2-13H2,1H3. The Balaban J connectivity index is 1.86. The van der Waals surface area contributed by atoms with Crippen LogP contribution in [0.25, 0.3) is 0 Å². The fraction of sp³-hybridized carbons (Fsp3) is 1.00. The van der Waals surface area contributed by atoms with Gasteiger partial charge in [0, 0.05) is 31.7 Å². The Bertz CT molecular complexity index is 237. The minimum absolute atomic E-state index is 0.187. The summed E-state index contributed by atoms with van der Waals surface area (Å²) in [6.07, 6.45) is 9.22. The molecule has 0 spiro atoms. The number of hydrogen-bond acceptors (Lipinski definition) is 3. The SMILES string of the molecule is CCOC1CCCN(CC2(CO)CCCCC2)C1. The first kappa shape index (κ1) is 14.3. The molecule has 2 rings (SSSR count). The molecule has 0 aromatic rings. The maximum Gasteiger partial charge on any atom is 0.0702 e. The van der Waals surface area contributed by atoms with Gasteiger partial charge in [-0.05, 0) is 39.2 Å². The summed E-state index contributed by atoms with van der Waals surface area (Å²) in [5.41, 5.74) is 0.187. The molecular weight excluding hydrogens is 226 g/mol. The summed E-state index contributed by atoms with van der Waals surface area (Å²) in [6, 6.07) is 0. The van der Waals surface area contributed by atoms with Crippen molar-refractivity contribution in [3.63, 3.8) is 0 Å². The van der Waals surface area contributed by atoms with Crippen molar-refractivity contribution in [3.05, 3.63) is 0 Å². The van der Waals surface area contributed by atoms with Crippen LogP contribution in [0, 0.1) is 5.41 Å². The summed E-state index contributed by atoms with van der Waals surface area (Å²) in [6.45, 7) is 6.59. The van der Waals surface area contributed by atoms with Gasteiger partial charge in [-0.3, -0.25) is 0 Å². The van der Waals surface area contributed by atoms with Gasteiger partial charge in [-0.2, -0.15) is 0 Å². The van der Waals surface area contributed by atoms with E-state index in [-0.39, 0.29) is 5.41 Å². The van der Waals surface area contributed by atoms with Gasteiger partial charge in [-0.25, -0.2) is 0 Å². The zero-order valence-electron chi connectivity index (χ0n) is 11.9. The Morgan fingerprint density at radius 2 is 2.00 bits per heavy atom. The first-order valence-corrected chi connectivity index (χ1v) is 7.73. The third-order valence-electron chi connectivity index (χ3n) is 4.67. The molecule has 0 aromatic carbocycles. The van der Waals surface area contributed by atoms with E-state index >= 15 is 0 Å². The first-order valence-electron chi connectivity index (χ1n) is 7.73. The van der Waals surface area contributed by atoms with Crippen molar-refractivity contribution in [2.24, 2.45) is 5.41 Å². The van der Waals surface area contributed by atoms with Gasteiger partial charge in [0.2, 0.25) is 0 Å². The minimum atomic E-state index is 0.187. The van der Waals surface area contributed by atoms with Crippen LogP contribution in [-0.4, -0.2) is 49.0 Å². The lowest BCUT2D eigenvalue weighted by Gasteiger charge is -2.42. The fourth-order valence-electron chi connectivity index (χ4n) is 3.67. The van der Waals surface area contributed by atoms with Gasteiger partial charge in [0.15, 0.2) is 0 Å². The summed E-state index contributed by atoms with van der Waals surface area (Å²) < 4.78 is 5.76. The second kappa shape index (κ2) is 6.88. The molecule has 18 heavy (non-hydrogen) atoms. The minimum Gasteiger partial charge on any atom is -0.396 e. The molecule has 3 heteroatoms. The van der Waals surface area contributed by atoms with Crippen molar-refractivity contribution < 1.29 is 9.84 Å². The predicted molar refractivity (Wildman–Crippen MR) is 73.7 cm³/mol. The Kier molecular flexibility index (Phi) is 5.46. The highest BCUT2D eigenvalue weighted by Crippen LogP contribution is 2.37. The van der Waals surface area contributed by atoms with E-state index < -0.39 is 0 Å². The summed E-state index contributed by atoms with van der Waals surface area (Å²) >= 11 is 0. The molecule has 1 saturated heterocycles. The third-order valence-corrected chi connectivity index (χ3v) is 4.67. The molecule has 106 valence electrons. The van der Waals surface area contributed by atoms with Crippen LogP contribution in [0.4, 0.5) is 0 Å². The molecular formula is C15H29NO2. The molecule has 1 aliphatic heterocycles. The van der Waals surface area contributed by atoms with E-state index in [1.54, 1.807) is 0 Å². The van der Waals surface area contributed by atoms with Crippen molar-refractivity contribution in [1.82, 2.24) is 4.90 Å². The van der Waals surface area contributed by atoms with Crippen LogP contribution in [0.2, 0.25) is 0 Å². The van der Waals surface area contributed by atoms with Crippen molar-refractivity contribution in [2.45, 2.75) is 58.0 Å². The van der Waals surface area contributed by atoms with E-state index in [4.69, 9.17) is 4.74 Å². The van der Waals surface area contributed by atoms with E-state index in [2.05, 4.69) is 11.8 Å². The highest BCUT2D eigenvalue weighted by Gasteiger charge is 2.34.